The van der Waals surface area contributed by atoms with Crippen molar-refractivity contribution in [1.82, 2.24) is 0 Å². The lowest BCUT2D eigenvalue weighted by Crippen LogP contribution is -2.53. The first-order valence-corrected chi connectivity index (χ1v) is 16.5. The van der Waals surface area contributed by atoms with Gasteiger partial charge >= 0.3 is 5.97 Å². The summed E-state index contributed by atoms with van der Waals surface area (Å²) in [6.45, 7) is 0.536. The van der Waals surface area contributed by atoms with Crippen LogP contribution in [-0.2, 0) is 38.3 Å². The number of ether oxygens (including phenoxy) is 3. The molecule has 0 aromatic heterocycles. The highest BCUT2D eigenvalue weighted by Crippen LogP contribution is 2.47. The fourth-order valence-electron chi connectivity index (χ4n) is 6.62. The van der Waals surface area contributed by atoms with Crippen LogP contribution in [0.4, 0.5) is 0 Å². The molecular weight excluding hydrogens is 552 g/mol. The zero-order valence-corrected chi connectivity index (χ0v) is 25.4. The minimum absolute atomic E-state index is 0.00427. The molecule has 0 spiro atoms. The lowest BCUT2D eigenvalue weighted by Gasteiger charge is -2.46. The maximum absolute atomic E-state index is 13.9. The van der Waals surface area contributed by atoms with Gasteiger partial charge in [0, 0.05) is 10.7 Å². The fourth-order valence-corrected chi connectivity index (χ4v) is 7.82. The second kappa shape index (κ2) is 14.4. The second-order valence-corrected chi connectivity index (χ2v) is 13.1. The van der Waals surface area contributed by atoms with Crippen LogP contribution in [0, 0.1) is 5.41 Å². The van der Waals surface area contributed by atoms with Crippen LogP contribution in [-0.4, -0.2) is 36.8 Å². The third kappa shape index (κ3) is 7.77. The molecule has 0 N–H and O–H groups in total. The van der Waals surface area contributed by atoms with E-state index in [1.165, 1.54) is 16.7 Å². The Kier molecular flexibility index (Phi) is 9.94. The van der Waals surface area contributed by atoms with Crippen LogP contribution in [0.1, 0.15) is 46.8 Å². The van der Waals surface area contributed by atoms with Gasteiger partial charge in [-0.3, -0.25) is 4.79 Å². The van der Waals surface area contributed by atoms with E-state index in [9.17, 15) is 4.79 Å². The summed E-state index contributed by atoms with van der Waals surface area (Å²) >= 11 is 1.84. The smallest absolute Gasteiger partial charge is 0.307 e. The monoisotopic (exact) mass is 592 g/mol. The molecule has 2 fully saturated rings. The quantitative estimate of drug-likeness (QED) is 0.116. The highest BCUT2D eigenvalue weighted by atomic mass is 32.2. The van der Waals surface area contributed by atoms with E-state index in [1.807, 2.05) is 42.1 Å². The number of benzene rings is 4. The topological polar surface area (TPSA) is 44.8 Å². The number of carbonyl (C=O) groups excluding carboxylic acids is 1. The normalized spacial score (nSPS) is 21.3. The van der Waals surface area contributed by atoms with E-state index in [-0.39, 0.29) is 22.7 Å². The van der Waals surface area contributed by atoms with Crippen LogP contribution in [0.2, 0.25) is 0 Å². The molecule has 43 heavy (non-hydrogen) atoms. The Balaban J connectivity index is 1.20. The van der Waals surface area contributed by atoms with Gasteiger partial charge < -0.3 is 14.2 Å². The Bertz CT molecular complexity index is 1370. The van der Waals surface area contributed by atoms with Crippen molar-refractivity contribution in [2.24, 2.45) is 5.41 Å². The van der Waals surface area contributed by atoms with Crippen LogP contribution in [0.5, 0.6) is 0 Å². The molecule has 2 heterocycles. The Morgan fingerprint density at radius 2 is 1.35 bits per heavy atom. The third-order valence-corrected chi connectivity index (χ3v) is 9.97. The lowest BCUT2D eigenvalue weighted by atomic mass is 9.67. The van der Waals surface area contributed by atoms with Crippen molar-refractivity contribution in [2.75, 3.05) is 12.4 Å². The van der Waals surface area contributed by atoms with Crippen LogP contribution in [0.25, 0.3) is 0 Å². The summed E-state index contributed by atoms with van der Waals surface area (Å²) in [5.41, 5.74) is 4.63. The van der Waals surface area contributed by atoms with Gasteiger partial charge in [-0.2, -0.15) is 11.8 Å². The maximum Gasteiger partial charge on any atom is 0.307 e. The number of thioether (sulfide) groups is 1. The summed E-state index contributed by atoms with van der Waals surface area (Å²) in [5, 5.41) is 0.0175. The molecule has 4 aromatic carbocycles. The molecule has 0 amide bonds. The molecule has 2 saturated heterocycles. The molecule has 4 nitrogen and oxygen atoms in total. The lowest BCUT2D eigenvalue weighted by molar-refractivity contribution is -0.224. The standard InChI is InChI=1S/C38H40O4S/c39-35(24-34(32-21-11-4-12-22-32)43-23-13-20-29-14-5-1-6-15-29)42-36-37-40-28-33(41-37)27-38(36,25-30-16-7-2-8-17-30)26-31-18-9-3-10-19-31/h1-12,14-19,21-22,33-34,36-37H,13,20,23-28H2/t33-,34-,36+,37+/m0/s1. The Morgan fingerprint density at radius 3 is 1.95 bits per heavy atom. The van der Waals surface area contributed by atoms with Gasteiger partial charge in [0.25, 0.3) is 0 Å². The molecule has 5 heteroatoms. The largest absolute Gasteiger partial charge is 0.456 e. The predicted molar refractivity (Wildman–Crippen MR) is 173 cm³/mol. The summed E-state index contributed by atoms with van der Waals surface area (Å²) in [4.78, 5) is 13.9. The van der Waals surface area contributed by atoms with E-state index >= 15 is 0 Å². The zero-order valence-electron chi connectivity index (χ0n) is 24.6. The highest BCUT2D eigenvalue weighted by Gasteiger charge is 2.55. The molecule has 2 bridgehead atoms. The van der Waals surface area contributed by atoms with Gasteiger partial charge in [-0.05, 0) is 60.1 Å². The summed E-state index contributed by atoms with van der Waals surface area (Å²) in [7, 11) is 0. The van der Waals surface area contributed by atoms with Crippen molar-refractivity contribution in [3.8, 4) is 0 Å². The van der Waals surface area contributed by atoms with E-state index in [2.05, 4.69) is 91.0 Å². The Labute approximate surface area is 259 Å². The third-order valence-electron chi connectivity index (χ3n) is 8.61. The summed E-state index contributed by atoms with van der Waals surface area (Å²) < 4.78 is 18.9. The van der Waals surface area contributed by atoms with Gasteiger partial charge in [0.1, 0.15) is 0 Å². The molecule has 2 aliphatic rings. The average molecular weight is 593 g/mol. The molecule has 0 aliphatic carbocycles. The molecule has 0 radical (unpaired) electrons. The van der Waals surface area contributed by atoms with Crippen LogP contribution in [0.3, 0.4) is 0 Å². The van der Waals surface area contributed by atoms with E-state index in [0.29, 0.717) is 13.0 Å². The molecule has 6 rings (SSSR count). The number of hydrogen-bond acceptors (Lipinski definition) is 5. The first-order chi connectivity index (χ1) is 21.2. The summed E-state index contributed by atoms with van der Waals surface area (Å²) in [5.74, 6) is 0.769. The van der Waals surface area contributed by atoms with Crippen LogP contribution in [0.15, 0.2) is 121 Å². The highest BCUT2D eigenvalue weighted by molar-refractivity contribution is 7.99. The molecular formula is C38H40O4S. The first-order valence-electron chi connectivity index (χ1n) is 15.4. The maximum atomic E-state index is 13.9. The number of rotatable bonds is 13. The van der Waals surface area contributed by atoms with E-state index < -0.39 is 12.4 Å². The first kappa shape index (κ1) is 29.7. The van der Waals surface area contributed by atoms with Crippen molar-refractivity contribution >= 4 is 17.7 Å². The summed E-state index contributed by atoms with van der Waals surface area (Å²) in [6, 6.07) is 42.0. The zero-order chi connectivity index (χ0) is 29.3. The number of carbonyl (C=O) groups is 1. The van der Waals surface area contributed by atoms with E-state index in [0.717, 1.165) is 43.4 Å². The van der Waals surface area contributed by atoms with E-state index in [1.54, 1.807) is 0 Å². The Hall–Kier alpha value is -3.38. The fraction of sp³-hybridized carbons (Fsp3) is 0.342. The van der Waals surface area contributed by atoms with Gasteiger partial charge in [0.05, 0.1) is 19.1 Å². The number of fused-ring (bicyclic) bond motifs is 2. The van der Waals surface area contributed by atoms with Gasteiger partial charge in [0.15, 0.2) is 12.4 Å². The van der Waals surface area contributed by atoms with Gasteiger partial charge in [-0.1, -0.05) is 121 Å². The average Bonchev–Trinajstić information content (AvgIpc) is 3.45. The van der Waals surface area contributed by atoms with Gasteiger partial charge in [-0.25, -0.2) is 0 Å². The Morgan fingerprint density at radius 1 is 0.791 bits per heavy atom. The minimum Gasteiger partial charge on any atom is -0.456 e. The molecule has 0 saturated carbocycles. The van der Waals surface area contributed by atoms with Gasteiger partial charge in [0.2, 0.25) is 0 Å². The van der Waals surface area contributed by atoms with Crippen LogP contribution >= 0.6 is 11.8 Å². The van der Waals surface area contributed by atoms with Gasteiger partial charge in [-0.15, -0.1) is 0 Å². The number of hydrogen-bond donors (Lipinski definition) is 0. The molecule has 4 atom stereocenters. The number of aryl methyl sites for hydroxylation is 1. The second-order valence-electron chi connectivity index (χ2n) is 11.8. The molecule has 0 unspecified atom stereocenters. The molecule has 2 aliphatic heterocycles. The van der Waals surface area contributed by atoms with Crippen LogP contribution < -0.4 is 0 Å². The molecule has 4 aromatic rings. The summed E-state index contributed by atoms with van der Waals surface area (Å²) in [6.07, 6.45) is 3.69. The number of esters is 1. The minimum atomic E-state index is -0.552. The van der Waals surface area contributed by atoms with Crippen molar-refractivity contribution in [1.29, 1.82) is 0 Å². The van der Waals surface area contributed by atoms with Crippen molar-refractivity contribution < 1.29 is 19.0 Å². The SMILES string of the molecule is O=C(C[C@H](SCCCc1ccccc1)c1ccccc1)O[C@@H]1[C@@H]2OC[C@H](CC1(Cc1ccccc1)Cc1ccccc1)O2. The van der Waals surface area contributed by atoms with E-state index in [4.69, 9.17) is 14.2 Å². The predicted octanol–water partition coefficient (Wildman–Crippen LogP) is 8.01. The van der Waals surface area contributed by atoms with Crippen molar-refractivity contribution in [2.45, 2.75) is 62.3 Å². The van der Waals surface area contributed by atoms with Crippen molar-refractivity contribution in [3.63, 3.8) is 0 Å². The van der Waals surface area contributed by atoms with Crippen molar-refractivity contribution in [3.05, 3.63) is 144 Å². The molecule has 222 valence electrons.